The van der Waals surface area contributed by atoms with Gasteiger partial charge in [0.2, 0.25) is 5.91 Å². The first-order valence-electron chi connectivity index (χ1n) is 10.4. The van der Waals surface area contributed by atoms with Crippen molar-refractivity contribution >= 4 is 11.9 Å². The maximum Gasteiger partial charge on any atom is 0.490 e. The van der Waals surface area contributed by atoms with Crippen LogP contribution < -0.4 is 0 Å². The van der Waals surface area contributed by atoms with Crippen LogP contribution >= 0.6 is 0 Å². The van der Waals surface area contributed by atoms with Crippen molar-refractivity contribution in [3.63, 3.8) is 0 Å². The number of carbonyl (C=O) groups is 2. The van der Waals surface area contributed by atoms with E-state index in [0.717, 1.165) is 39.0 Å². The molecule has 7 nitrogen and oxygen atoms in total. The molecule has 3 heterocycles. The van der Waals surface area contributed by atoms with Crippen molar-refractivity contribution in [2.75, 3.05) is 26.7 Å². The second-order valence-electron chi connectivity index (χ2n) is 8.39. The summed E-state index contributed by atoms with van der Waals surface area (Å²) in [5.41, 5.74) is 1.24. The van der Waals surface area contributed by atoms with Gasteiger partial charge in [0.15, 0.2) is 0 Å². The molecule has 3 aliphatic rings. The smallest absolute Gasteiger partial charge is 0.475 e. The number of hydrogen-bond donors (Lipinski definition) is 1. The number of hydrogen-bond acceptors (Lipinski definition) is 5. The zero-order chi connectivity index (χ0) is 22.6. The lowest BCUT2D eigenvalue weighted by atomic mass is 9.88. The fourth-order valence-corrected chi connectivity index (χ4v) is 4.40. The first kappa shape index (κ1) is 23.5. The summed E-state index contributed by atoms with van der Waals surface area (Å²) in [6.45, 7) is 3.72. The van der Waals surface area contributed by atoms with E-state index in [2.05, 4.69) is 20.9 Å². The molecule has 10 heteroatoms. The van der Waals surface area contributed by atoms with Crippen molar-refractivity contribution < 1.29 is 32.6 Å². The number of nitrogens with zero attached hydrogens (tertiary/aromatic N) is 3. The lowest BCUT2D eigenvalue weighted by molar-refractivity contribution is -0.192. The summed E-state index contributed by atoms with van der Waals surface area (Å²) in [6.07, 6.45) is 3.14. The van der Waals surface area contributed by atoms with E-state index in [0.29, 0.717) is 23.8 Å². The predicted molar refractivity (Wildman–Crippen MR) is 105 cm³/mol. The molecule has 3 fully saturated rings. The number of piperidine rings is 1. The number of pyridine rings is 1. The number of aromatic nitrogens is 1. The molecule has 4 rings (SSSR count). The third-order valence-corrected chi connectivity index (χ3v) is 6.10. The lowest BCUT2D eigenvalue weighted by Crippen LogP contribution is -2.53. The second kappa shape index (κ2) is 9.95. The van der Waals surface area contributed by atoms with E-state index in [-0.39, 0.29) is 6.10 Å². The van der Waals surface area contributed by atoms with Crippen molar-refractivity contribution in [2.24, 2.45) is 11.8 Å². The zero-order valence-corrected chi connectivity index (χ0v) is 17.4. The number of alkyl halides is 3. The molecular formula is C21H28F3N3O4. The Morgan fingerprint density at radius 2 is 1.97 bits per heavy atom. The monoisotopic (exact) mass is 443 g/mol. The molecule has 1 aromatic heterocycles. The number of carboxylic acid groups (broad SMARTS) is 1. The zero-order valence-electron chi connectivity index (χ0n) is 17.4. The SMILES string of the molecule is CO[C@H]1CCN(C(=O)CC2CC2)[C@@H]2CN(Cc3cccnc3)C[C@H]12.O=C(O)C(F)(F)F. The summed E-state index contributed by atoms with van der Waals surface area (Å²) < 4.78 is 37.5. The van der Waals surface area contributed by atoms with Crippen LogP contribution in [0.15, 0.2) is 24.5 Å². The fraction of sp³-hybridized carbons (Fsp3) is 0.667. The number of carboxylic acids is 1. The standard InChI is InChI=1S/C19H27N3O2.C2HF3O2/c1-24-18-6-8-22(19(23)9-14-4-5-14)17-13-21(12-16(17)18)11-15-3-2-7-20-10-15;3-2(4,5)1(6)7/h2-3,7,10,14,16-18H,4-6,8-9,11-13H2,1H3;(H,6,7)/t16-,17+,18-;/m0./s1. The molecule has 1 saturated carbocycles. The van der Waals surface area contributed by atoms with Crippen LogP contribution in [0.3, 0.4) is 0 Å². The van der Waals surface area contributed by atoms with Crippen LogP contribution in [0.25, 0.3) is 0 Å². The molecule has 2 aliphatic heterocycles. The number of methoxy groups -OCH3 is 1. The van der Waals surface area contributed by atoms with E-state index < -0.39 is 12.1 Å². The Morgan fingerprint density at radius 1 is 1.26 bits per heavy atom. The second-order valence-corrected chi connectivity index (χ2v) is 8.39. The number of carbonyl (C=O) groups excluding carboxylic acids is 1. The summed E-state index contributed by atoms with van der Waals surface area (Å²) in [5, 5.41) is 7.12. The van der Waals surface area contributed by atoms with E-state index in [1.807, 2.05) is 25.6 Å². The van der Waals surface area contributed by atoms with Gasteiger partial charge in [-0.3, -0.25) is 14.7 Å². The molecule has 3 atom stereocenters. The highest BCUT2D eigenvalue weighted by Crippen LogP contribution is 2.37. The number of rotatable bonds is 5. The van der Waals surface area contributed by atoms with Crippen LogP contribution in [0.1, 0.15) is 31.2 Å². The number of likely N-dealkylation sites (tertiary alicyclic amines) is 2. The van der Waals surface area contributed by atoms with E-state index in [9.17, 15) is 18.0 Å². The van der Waals surface area contributed by atoms with Crippen LogP contribution in [0, 0.1) is 11.8 Å². The molecule has 0 unspecified atom stereocenters. The Kier molecular flexibility index (Phi) is 7.53. The topological polar surface area (TPSA) is 83.0 Å². The Hall–Kier alpha value is -2.20. The molecule has 0 aromatic carbocycles. The Morgan fingerprint density at radius 3 is 2.52 bits per heavy atom. The summed E-state index contributed by atoms with van der Waals surface area (Å²) in [4.78, 5) is 30.4. The van der Waals surface area contributed by atoms with Crippen molar-refractivity contribution in [3.05, 3.63) is 30.1 Å². The molecule has 0 bridgehead atoms. The highest BCUT2D eigenvalue weighted by atomic mass is 19.4. The molecule has 1 amide bonds. The van der Waals surface area contributed by atoms with E-state index in [4.69, 9.17) is 14.6 Å². The molecule has 172 valence electrons. The van der Waals surface area contributed by atoms with Gasteiger partial charge in [-0.05, 0) is 36.8 Å². The minimum Gasteiger partial charge on any atom is -0.475 e. The van der Waals surface area contributed by atoms with Crippen molar-refractivity contribution in [3.8, 4) is 0 Å². The minimum atomic E-state index is -5.08. The minimum absolute atomic E-state index is 0.277. The summed E-state index contributed by atoms with van der Waals surface area (Å²) in [5.74, 6) is -1.30. The molecule has 1 aliphatic carbocycles. The highest BCUT2D eigenvalue weighted by Gasteiger charge is 2.46. The maximum absolute atomic E-state index is 12.7. The van der Waals surface area contributed by atoms with Gasteiger partial charge in [0.1, 0.15) is 0 Å². The fourth-order valence-electron chi connectivity index (χ4n) is 4.40. The maximum atomic E-state index is 12.7. The van der Waals surface area contributed by atoms with E-state index in [1.54, 1.807) is 0 Å². The number of ether oxygens (including phenoxy) is 1. The Labute approximate surface area is 179 Å². The Balaban J connectivity index is 0.000000339. The summed E-state index contributed by atoms with van der Waals surface area (Å²) in [7, 11) is 1.81. The number of fused-ring (bicyclic) bond motifs is 1. The molecule has 31 heavy (non-hydrogen) atoms. The van der Waals surface area contributed by atoms with Gasteiger partial charge in [-0.25, -0.2) is 4.79 Å². The first-order chi connectivity index (χ1) is 14.7. The molecule has 1 aromatic rings. The third-order valence-electron chi connectivity index (χ3n) is 6.10. The molecule has 1 N–H and O–H groups in total. The normalized spacial score (nSPS) is 26.1. The largest absolute Gasteiger partial charge is 0.490 e. The van der Waals surface area contributed by atoms with Gasteiger partial charge in [0.05, 0.1) is 12.1 Å². The van der Waals surface area contributed by atoms with Gasteiger partial charge in [-0.2, -0.15) is 13.2 Å². The van der Waals surface area contributed by atoms with Gasteiger partial charge >= 0.3 is 12.1 Å². The van der Waals surface area contributed by atoms with E-state index in [1.165, 1.54) is 18.4 Å². The summed E-state index contributed by atoms with van der Waals surface area (Å²) >= 11 is 0. The van der Waals surface area contributed by atoms with Gasteiger partial charge < -0.3 is 14.7 Å². The quantitative estimate of drug-likeness (QED) is 0.753. The molecular weight excluding hydrogens is 415 g/mol. The van der Waals surface area contributed by atoms with Gasteiger partial charge in [0.25, 0.3) is 0 Å². The van der Waals surface area contributed by atoms with Gasteiger partial charge in [-0.1, -0.05) is 6.07 Å². The first-order valence-corrected chi connectivity index (χ1v) is 10.4. The van der Waals surface area contributed by atoms with Crippen molar-refractivity contribution in [2.45, 2.75) is 50.6 Å². The average Bonchev–Trinajstić information content (AvgIpc) is 3.43. The van der Waals surface area contributed by atoms with Crippen LogP contribution in [-0.2, 0) is 20.9 Å². The molecule has 0 radical (unpaired) electrons. The van der Waals surface area contributed by atoms with Crippen LogP contribution in [-0.4, -0.2) is 76.8 Å². The highest BCUT2D eigenvalue weighted by molar-refractivity contribution is 5.77. The summed E-state index contributed by atoms with van der Waals surface area (Å²) in [6, 6.07) is 4.42. The molecule has 2 saturated heterocycles. The third kappa shape index (κ3) is 6.39. The van der Waals surface area contributed by atoms with Crippen LogP contribution in [0.4, 0.5) is 13.2 Å². The van der Waals surface area contributed by atoms with Crippen molar-refractivity contribution in [1.29, 1.82) is 0 Å². The number of aliphatic carboxylic acids is 1. The van der Waals surface area contributed by atoms with E-state index >= 15 is 0 Å². The van der Waals surface area contributed by atoms with Crippen LogP contribution in [0.5, 0.6) is 0 Å². The number of halogens is 3. The van der Waals surface area contributed by atoms with Crippen LogP contribution in [0.2, 0.25) is 0 Å². The van der Waals surface area contributed by atoms with Crippen molar-refractivity contribution in [1.82, 2.24) is 14.8 Å². The van der Waals surface area contributed by atoms with Gasteiger partial charge in [0, 0.05) is 58.0 Å². The molecule has 0 spiro atoms. The Bertz CT molecular complexity index is 758. The lowest BCUT2D eigenvalue weighted by Gasteiger charge is -2.41. The average molecular weight is 443 g/mol. The van der Waals surface area contributed by atoms with Gasteiger partial charge in [-0.15, -0.1) is 0 Å². The predicted octanol–water partition coefficient (Wildman–Crippen LogP) is 2.56. The number of amides is 1.